The maximum atomic E-state index is 9.94. The fraction of sp³-hybridized carbons (Fsp3) is 0. The molecule has 0 aliphatic rings. The van der Waals surface area contributed by atoms with Crippen LogP contribution in [0.25, 0.3) is 0 Å². The largest absolute Gasteiger partial charge is 0.508 e. The zero-order valence-electron chi connectivity index (χ0n) is 6.19. The Kier molecular flexibility index (Phi) is 3.15. The molecule has 2 N–H and O–H groups in total. The van der Waals surface area contributed by atoms with E-state index >= 15 is 0 Å². The van der Waals surface area contributed by atoms with Gasteiger partial charge in [0.15, 0.2) is 0 Å². The summed E-state index contributed by atoms with van der Waals surface area (Å²) in [6.45, 7) is 0. The summed E-state index contributed by atoms with van der Waals surface area (Å²) >= 11 is 0. The zero-order chi connectivity index (χ0) is 8.81. The molecule has 1 radical (unpaired) electrons. The number of nitrogens with one attached hydrogen (secondary N) is 1. The van der Waals surface area contributed by atoms with Gasteiger partial charge in [-0.3, -0.25) is 5.09 Å². The van der Waals surface area contributed by atoms with Crippen molar-refractivity contribution in [3.05, 3.63) is 29.8 Å². The van der Waals surface area contributed by atoms with Gasteiger partial charge in [-0.1, -0.05) is 12.1 Å². The van der Waals surface area contributed by atoms with Crippen molar-refractivity contribution in [1.29, 1.82) is 0 Å². The van der Waals surface area contributed by atoms with Crippen LogP contribution in [-0.4, -0.2) is 20.9 Å². The maximum Gasteiger partial charge on any atom is 0.485 e. The van der Waals surface area contributed by atoms with Gasteiger partial charge < -0.3 is 9.57 Å². The minimum absolute atomic E-state index is 0.184. The molecule has 0 aliphatic carbocycles. The standard InChI is InChI=1S/C7H7N2O2Si/c10-7-3-1-2-6(4-7)5-8-9-12-11/h1-5,9-10H. The first-order chi connectivity index (χ1) is 5.83. The van der Waals surface area contributed by atoms with Gasteiger partial charge in [0.05, 0.1) is 6.21 Å². The quantitative estimate of drug-likeness (QED) is 0.398. The molecule has 0 fully saturated rings. The van der Waals surface area contributed by atoms with Gasteiger partial charge in [0.2, 0.25) is 0 Å². The highest BCUT2D eigenvalue weighted by Gasteiger charge is 1.88. The Hall–Kier alpha value is -1.49. The van der Waals surface area contributed by atoms with E-state index in [1.54, 1.807) is 24.3 Å². The van der Waals surface area contributed by atoms with Gasteiger partial charge in [0.1, 0.15) is 5.75 Å². The molecule has 0 aromatic heterocycles. The van der Waals surface area contributed by atoms with Crippen LogP contribution in [-0.2, 0) is 4.46 Å². The number of phenols is 1. The second kappa shape index (κ2) is 4.40. The summed E-state index contributed by atoms with van der Waals surface area (Å²) < 4.78 is 9.94. The van der Waals surface area contributed by atoms with Gasteiger partial charge >= 0.3 is 9.57 Å². The summed E-state index contributed by atoms with van der Waals surface area (Å²) in [4.78, 5) is 0. The number of rotatable bonds is 3. The molecule has 0 unspecified atom stereocenters. The molecule has 0 aliphatic heterocycles. The van der Waals surface area contributed by atoms with Gasteiger partial charge in [-0.25, -0.2) is 0 Å². The minimum Gasteiger partial charge on any atom is -0.508 e. The van der Waals surface area contributed by atoms with Gasteiger partial charge in [-0.15, -0.1) is 0 Å². The lowest BCUT2D eigenvalue weighted by Crippen LogP contribution is -2.02. The third kappa shape index (κ3) is 2.63. The topological polar surface area (TPSA) is 61.7 Å². The van der Waals surface area contributed by atoms with E-state index in [0.29, 0.717) is 0 Å². The number of aromatic hydroxyl groups is 1. The average Bonchev–Trinajstić information content (AvgIpc) is 2.05. The van der Waals surface area contributed by atoms with Crippen molar-refractivity contribution in [2.75, 3.05) is 0 Å². The Morgan fingerprint density at radius 2 is 2.42 bits per heavy atom. The fourth-order valence-corrected chi connectivity index (χ4v) is 0.856. The lowest BCUT2D eigenvalue weighted by Gasteiger charge is -1.92. The van der Waals surface area contributed by atoms with E-state index in [1.807, 2.05) is 0 Å². The number of phenolic OH excluding ortho intramolecular Hbond substituents is 1. The number of benzene rings is 1. The highest BCUT2D eigenvalue weighted by Crippen LogP contribution is 2.08. The Morgan fingerprint density at radius 3 is 3.08 bits per heavy atom. The van der Waals surface area contributed by atoms with Crippen LogP contribution in [0.4, 0.5) is 0 Å². The summed E-state index contributed by atoms with van der Waals surface area (Å²) in [6, 6.07) is 6.61. The molecule has 0 amide bonds. The molecule has 12 heavy (non-hydrogen) atoms. The molecule has 1 aromatic rings. The molecule has 5 heteroatoms. The van der Waals surface area contributed by atoms with E-state index in [-0.39, 0.29) is 5.75 Å². The first-order valence-corrected chi connectivity index (χ1v) is 4.18. The van der Waals surface area contributed by atoms with E-state index in [0.717, 1.165) is 5.56 Å². The molecule has 0 heterocycles. The van der Waals surface area contributed by atoms with Crippen LogP contribution in [0, 0.1) is 0 Å². The minimum atomic E-state index is -0.654. The van der Waals surface area contributed by atoms with Gasteiger partial charge in [-0.05, 0) is 17.7 Å². The van der Waals surface area contributed by atoms with Crippen LogP contribution in [0.3, 0.4) is 0 Å². The van der Waals surface area contributed by atoms with Crippen LogP contribution in [0.1, 0.15) is 5.56 Å². The van der Waals surface area contributed by atoms with E-state index in [2.05, 4.69) is 10.2 Å². The molecule has 4 nitrogen and oxygen atoms in total. The van der Waals surface area contributed by atoms with Gasteiger partial charge in [0.25, 0.3) is 0 Å². The van der Waals surface area contributed by atoms with Crippen LogP contribution >= 0.6 is 0 Å². The molecule has 0 spiro atoms. The van der Waals surface area contributed by atoms with Crippen molar-refractivity contribution >= 4 is 15.8 Å². The van der Waals surface area contributed by atoms with E-state index in [4.69, 9.17) is 5.11 Å². The van der Waals surface area contributed by atoms with E-state index in [9.17, 15) is 4.46 Å². The normalized spacial score (nSPS) is 10.0. The van der Waals surface area contributed by atoms with Crippen LogP contribution in [0.15, 0.2) is 29.4 Å². The Labute approximate surface area is 71.9 Å². The molecule has 1 rings (SSSR count). The third-order valence-electron chi connectivity index (χ3n) is 1.19. The summed E-state index contributed by atoms with van der Waals surface area (Å²) in [5.41, 5.74) is 0.751. The van der Waals surface area contributed by atoms with Crippen molar-refractivity contribution in [3.8, 4) is 5.75 Å². The first kappa shape index (κ1) is 8.60. The lowest BCUT2D eigenvalue weighted by molar-refractivity contribution is 0.475. The van der Waals surface area contributed by atoms with Crippen molar-refractivity contribution in [1.82, 2.24) is 5.09 Å². The predicted molar refractivity (Wildman–Crippen MR) is 45.3 cm³/mol. The van der Waals surface area contributed by atoms with Crippen molar-refractivity contribution < 1.29 is 9.57 Å². The van der Waals surface area contributed by atoms with E-state index in [1.165, 1.54) is 6.21 Å². The molecule has 0 saturated carbocycles. The number of hydrazone groups is 1. The Morgan fingerprint density at radius 1 is 1.58 bits per heavy atom. The molecular weight excluding hydrogens is 172 g/mol. The highest BCUT2D eigenvalue weighted by atomic mass is 28.2. The number of nitrogens with zero attached hydrogens (tertiary/aromatic N) is 1. The van der Waals surface area contributed by atoms with Crippen molar-refractivity contribution in [2.24, 2.45) is 5.10 Å². The molecule has 0 atom stereocenters. The summed E-state index contributed by atoms with van der Waals surface area (Å²) in [6.07, 6.45) is 1.48. The third-order valence-corrected chi connectivity index (χ3v) is 1.41. The van der Waals surface area contributed by atoms with Crippen molar-refractivity contribution in [3.63, 3.8) is 0 Å². The summed E-state index contributed by atoms with van der Waals surface area (Å²) in [7, 11) is -0.654. The van der Waals surface area contributed by atoms with Gasteiger partial charge in [0, 0.05) is 0 Å². The summed E-state index contributed by atoms with van der Waals surface area (Å²) in [5, 5.41) is 14.9. The second-order valence-corrected chi connectivity index (χ2v) is 2.49. The van der Waals surface area contributed by atoms with E-state index < -0.39 is 9.57 Å². The lowest BCUT2D eigenvalue weighted by atomic mass is 10.2. The van der Waals surface area contributed by atoms with Gasteiger partial charge in [-0.2, -0.15) is 5.10 Å². The molecule has 0 saturated heterocycles. The highest BCUT2D eigenvalue weighted by molar-refractivity contribution is 6.12. The Balaban J connectivity index is 2.69. The first-order valence-electron chi connectivity index (χ1n) is 3.27. The Bertz CT molecular complexity index is 301. The zero-order valence-corrected chi connectivity index (χ0v) is 7.19. The second-order valence-electron chi connectivity index (χ2n) is 2.07. The molecular formula is C7H7N2O2Si. The SMILES string of the molecule is O=[Si]NN=Cc1cccc(O)c1. The van der Waals surface area contributed by atoms with Crippen LogP contribution < -0.4 is 5.09 Å². The van der Waals surface area contributed by atoms with Crippen LogP contribution in [0.2, 0.25) is 0 Å². The smallest absolute Gasteiger partial charge is 0.485 e. The average molecular weight is 179 g/mol. The molecule has 0 bridgehead atoms. The van der Waals surface area contributed by atoms with Crippen LogP contribution in [0.5, 0.6) is 5.75 Å². The summed E-state index contributed by atoms with van der Waals surface area (Å²) in [5.74, 6) is 0.184. The fourth-order valence-electron chi connectivity index (χ4n) is 0.738. The van der Waals surface area contributed by atoms with Crippen molar-refractivity contribution in [2.45, 2.75) is 0 Å². The maximum absolute atomic E-state index is 9.94. The monoisotopic (exact) mass is 179 g/mol. The number of hydrogen-bond acceptors (Lipinski definition) is 3. The molecule has 1 aromatic carbocycles. The number of hydrogen-bond donors (Lipinski definition) is 2. The predicted octanol–water partition coefficient (Wildman–Crippen LogP) is 0.280. The molecule has 61 valence electrons.